The fraction of sp³-hybridized carbons (Fsp3) is 0.357. The van der Waals surface area contributed by atoms with E-state index >= 15 is 0 Å². The maximum atomic E-state index is 11.3. The summed E-state index contributed by atoms with van der Waals surface area (Å²) in [6.07, 6.45) is 6.86. The lowest BCUT2D eigenvalue weighted by Gasteiger charge is -2.14. The average molecular weight is 229 g/mol. The third kappa shape index (κ3) is 1.62. The van der Waals surface area contributed by atoms with Crippen molar-refractivity contribution in [1.82, 2.24) is 4.57 Å². The summed E-state index contributed by atoms with van der Waals surface area (Å²) in [5, 5.41) is 10.3. The van der Waals surface area contributed by atoms with Gasteiger partial charge >= 0.3 is 5.97 Å². The number of hydrogen-bond donors (Lipinski definition) is 1. The molecular formula is C14H15NO2. The Hall–Kier alpha value is -1.77. The molecule has 0 bridgehead atoms. The molecule has 3 heteroatoms. The molecule has 0 spiro atoms. The van der Waals surface area contributed by atoms with Crippen molar-refractivity contribution in [3.8, 4) is 0 Å². The summed E-state index contributed by atoms with van der Waals surface area (Å²) in [6, 6.07) is 7.97. The van der Waals surface area contributed by atoms with Crippen LogP contribution >= 0.6 is 0 Å². The molecular weight excluding hydrogens is 214 g/mol. The van der Waals surface area contributed by atoms with E-state index in [4.69, 9.17) is 0 Å². The molecule has 1 aliphatic carbocycles. The van der Waals surface area contributed by atoms with Crippen LogP contribution < -0.4 is 0 Å². The van der Waals surface area contributed by atoms with E-state index in [9.17, 15) is 9.90 Å². The highest BCUT2D eigenvalue weighted by Crippen LogP contribution is 2.33. The minimum absolute atomic E-state index is 0.416. The summed E-state index contributed by atoms with van der Waals surface area (Å²) in [5.41, 5.74) is 1.30. The van der Waals surface area contributed by atoms with Crippen molar-refractivity contribution in [3.05, 3.63) is 36.0 Å². The van der Waals surface area contributed by atoms with Crippen LogP contribution in [0.4, 0.5) is 0 Å². The van der Waals surface area contributed by atoms with E-state index in [1.165, 1.54) is 12.8 Å². The first kappa shape index (κ1) is 10.4. The van der Waals surface area contributed by atoms with Crippen LogP contribution in [0.15, 0.2) is 30.5 Å². The molecule has 1 aromatic carbocycles. The fourth-order valence-corrected chi connectivity index (χ4v) is 2.88. The summed E-state index contributed by atoms with van der Waals surface area (Å²) >= 11 is 0. The second-order valence-corrected chi connectivity index (χ2v) is 4.71. The number of nitrogens with zero attached hydrogens (tertiary/aromatic N) is 1. The number of aromatic nitrogens is 1. The Morgan fingerprint density at radius 3 is 2.71 bits per heavy atom. The number of carboxylic acid groups (broad SMARTS) is 1. The van der Waals surface area contributed by atoms with Crippen LogP contribution in [0.1, 0.15) is 42.1 Å². The van der Waals surface area contributed by atoms with Crippen molar-refractivity contribution in [2.75, 3.05) is 0 Å². The van der Waals surface area contributed by atoms with Crippen molar-refractivity contribution in [3.63, 3.8) is 0 Å². The maximum absolute atomic E-state index is 11.3. The molecule has 0 atom stereocenters. The summed E-state index contributed by atoms with van der Waals surface area (Å²) in [4.78, 5) is 11.3. The Labute approximate surface area is 99.7 Å². The van der Waals surface area contributed by atoms with Gasteiger partial charge in [0.05, 0.1) is 11.1 Å². The van der Waals surface area contributed by atoms with Gasteiger partial charge in [0.25, 0.3) is 0 Å². The first-order chi connectivity index (χ1) is 8.27. The SMILES string of the molecule is O=C(O)c1cccc2ccn(C3CCCC3)c12. The molecule has 1 saturated carbocycles. The average Bonchev–Trinajstić information content (AvgIpc) is 2.96. The van der Waals surface area contributed by atoms with Crippen LogP contribution in [-0.4, -0.2) is 15.6 Å². The number of benzene rings is 1. The number of carbonyl (C=O) groups is 1. The van der Waals surface area contributed by atoms with Crippen molar-refractivity contribution in [2.45, 2.75) is 31.7 Å². The summed E-state index contributed by atoms with van der Waals surface area (Å²) in [5.74, 6) is -0.839. The highest BCUT2D eigenvalue weighted by atomic mass is 16.4. The van der Waals surface area contributed by atoms with Gasteiger partial charge in [0.1, 0.15) is 0 Å². The Balaban J connectivity index is 2.21. The van der Waals surface area contributed by atoms with Crippen LogP contribution in [0.25, 0.3) is 10.9 Å². The van der Waals surface area contributed by atoms with Crippen molar-refractivity contribution < 1.29 is 9.90 Å². The first-order valence-corrected chi connectivity index (χ1v) is 6.10. The topological polar surface area (TPSA) is 42.2 Å². The molecule has 0 unspecified atom stereocenters. The highest BCUT2D eigenvalue weighted by molar-refractivity contribution is 6.02. The lowest BCUT2D eigenvalue weighted by atomic mass is 10.1. The van der Waals surface area contributed by atoms with E-state index in [2.05, 4.69) is 4.57 Å². The lowest BCUT2D eigenvalue weighted by Crippen LogP contribution is -2.07. The zero-order valence-corrected chi connectivity index (χ0v) is 9.60. The largest absolute Gasteiger partial charge is 0.478 e. The van der Waals surface area contributed by atoms with Crippen LogP contribution in [-0.2, 0) is 0 Å². The van der Waals surface area contributed by atoms with Crippen LogP contribution in [0.3, 0.4) is 0 Å². The van der Waals surface area contributed by atoms with Gasteiger partial charge in [-0.05, 0) is 25.0 Å². The number of fused-ring (bicyclic) bond motifs is 1. The van der Waals surface area contributed by atoms with E-state index in [1.807, 2.05) is 24.4 Å². The van der Waals surface area contributed by atoms with Gasteiger partial charge in [-0.15, -0.1) is 0 Å². The number of hydrogen-bond acceptors (Lipinski definition) is 1. The summed E-state index contributed by atoms with van der Waals surface area (Å²) < 4.78 is 2.16. The molecule has 0 aliphatic heterocycles. The normalized spacial score (nSPS) is 16.7. The van der Waals surface area contributed by atoms with Crippen LogP contribution in [0.5, 0.6) is 0 Å². The lowest BCUT2D eigenvalue weighted by molar-refractivity contribution is 0.0698. The van der Waals surface area contributed by atoms with Crippen molar-refractivity contribution in [1.29, 1.82) is 0 Å². The Bertz CT molecular complexity index is 565. The zero-order valence-electron chi connectivity index (χ0n) is 9.60. The third-order valence-electron chi connectivity index (χ3n) is 3.69. The molecule has 1 aliphatic rings. The Morgan fingerprint density at radius 1 is 1.24 bits per heavy atom. The quantitative estimate of drug-likeness (QED) is 0.856. The zero-order chi connectivity index (χ0) is 11.8. The standard InChI is InChI=1S/C14H15NO2/c16-14(17)12-7-3-4-10-8-9-15(13(10)12)11-5-1-2-6-11/h3-4,7-9,11H,1-2,5-6H2,(H,16,17). The van der Waals surface area contributed by atoms with E-state index < -0.39 is 5.97 Å². The predicted molar refractivity (Wildman–Crippen MR) is 66.4 cm³/mol. The molecule has 3 nitrogen and oxygen atoms in total. The fourth-order valence-electron chi connectivity index (χ4n) is 2.88. The Kier molecular flexibility index (Phi) is 2.39. The molecule has 1 heterocycles. The van der Waals surface area contributed by atoms with Crippen molar-refractivity contribution >= 4 is 16.9 Å². The molecule has 1 fully saturated rings. The molecule has 0 saturated heterocycles. The van der Waals surface area contributed by atoms with Gasteiger partial charge in [0, 0.05) is 17.6 Å². The molecule has 1 aromatic heterocycles. The molecule has 88 valence electrons. The van der Waals surface area contributed by atoms with Gasteiger partial charge in [0.2, 0.25) is 0 Å². The van der Waals surface area contributed by atoms with Crippen molar-refractivity contribution in [2.24, 2.45) is 0 Å². The van der Waals surface area contributed by atoms with Crippen LogP contribution in [0, 0.1) is 0 Å². The molecule has 0 amide bonds. The molecule has 2 aromatic rings. The monoisotopic (exact) mass is 229 g/mol. The minimum Gasteiger partial charge on any atom is -0.478 e. The van der Waals surface area contributed by atoms with Gasteiger partial charge in [0.15, 0.2) is 0 Å². The number of aromatic carboxylic acids is 1. The summed E-state index contributed by atoms with van der Waals surface area (Å²) in [7, 11) is 0. The second kappa shape index (κ2) is 3.91. The smallest absolute Gasteiger partial charge is 0.337 e. The number of carboxylic acids is 1. The van der Waals surface area contributed by atoms with Gasteiger partial charge in [-0.1, -0.05) is 25.0 Å². The predicted octanol–water partition coefficient (Wildman–Crippen LogP) is 3.45. The second-order valence-electron chi connectivity index (χ2n) is 4.71. The van der Waals surface area contributed by atoms with Crippen LogP contribution in [0.2, 0.25) is 0 Å². The number of rotatable bonds is 2. The third-order valence-corrected chi connectivity index (χ3v) is 3.69. The number of para-hydroxylation sites is 1. The molecule has 0 radical (unpaired) electrons. The first-order valence-electron chi connectivity index (χ1n) is 6.10. The molecule has 3 rings (SSSR count). The minimum atomic E-state index is -0.839. The van der Waals surface area contributed by atoms with Gasteiger partial charge < -0.3 is 9.67 Å². The Morgan fingerprint density at radius 2 is 2.00 bits per heavy atom. The van der Waals surface area contributed by atoms with E-state index in [0.717, 1.165) is 23.7 Å². The highest BCUT2D eigenvalue weighted by Gasteiger charge is 2.20. The molecule has 1 N–H and O–H groups in total. The van der Waals surface area contributed by atoms with E-state index in [1.54, 1.807) is 6.07 Å². The van der Waals surface area contributed by atoms with Gasteiger partial charge in [-0.25, -0.2) is 4.79 Å². The summed E-state index contributed by atoms with van der Waals surface area (Å²) in [6.45, 7) is 0. The molecule has 17 heavy (non-hydrogen) atoms. The van der Waals surface area contributed by atoms with E-state index in [-0.39, 0.29) is 0 Å². The maximum Gasteiger partial charge on any atom is 0.337 e. The van der Waals surface area contributed by atoms with E-state index in [0.29, 0.717) is 11.6 Å². The van der Waals surface area contributed by atoms with Gasteiger partial charge in [-0.3, -0.25) is 0 Å². The van der Waals surface area contributed by atoms with Gasteiger partial charge in [-0.2, -0.15) is 0 Å².